The predicted molar refractivity (Wildman–Crippen MR) is 198 cm³/mol. The molecule has 53 heavy (non-hydrogen) atoms. The third-order valence-electron chi connectivity index (χ3n) is 7.94. The van der Waals surface area contributed by atoms with E-state index in [-0.39, 0.29) is 43.3 Å². The van der Waals surface area contributed by atoms with Gasteiger partial charge in [-0.3, -0.25) is 9.59 Å². The quantitative estimate of drug-likeness (QED) is 0.0939. The van der Waals surface area contributed by atoms with Gasteiger partial charge in [-0.05, 0) is 66.7 Å². The third kappa shape index (κ3) is 9.17. The molecule has 0 aliphatic carbocycles. The molecule has 0 saturated carbocycles. The summed E-state index contributed by atoms with van der Waals surface area (Å²) in [5.41, 5.74) is -8.60. The van der Waals surface area contributed by atoms with E-state index < -0.39 is 209 Å². The molecular formula is C41H40F5N3O3S. The third-order valence-corrected chi connectivity index (χ3v) is 8.97. The van der Waals surface area contributed by atoms with Crippen molar-refractivity contribution in [2.24, 2.45) is 0 Å². The molecule has 1 aliphatic heterocycles. The summed E-state index contributed by atoms with van der Waals surface area (Å²) in [5, 5.41) is -1.42. The molecule has 6 rings (SSSR count). The summed E-state index contributed by atoms with van der Waals surface area (Å²) in [6, 6.07) is -19.6. The van der Waals surface area contributed by atoms with Gasteiger partial charge in [-0.1, -0.05) is 59.9 Å². The Balaban J connectivity index is 1.59. The van der Waals surface area contributed by atoms with Crippen molar-refractivity contribution in [1.29, 1.82) is 0 Å². The number of fused-ring (bicyclic) bond motifs is 1. The number of amides is 1. The van der Waals surface area contributed by atoms with Gasteiger partial charge in [0.05, 0.1) is 52.8 Å². The molecule has 0 spiro atoms. The number of methoxy groups -OCH3 is 1. The minimum atomic E-state index is -5.43. The fraction of sp³-hybridized carbons (Fsp3) is 0.317. The zero-order valence-corrected chi connectivity index (χ0v) is 28.2. The van der Waals surface area contributed by atoms with Crippen molar-refractivity contribution < 1.29 is 61.6 Å². The predicted octanol–water partition coefficient (Wildman–Crippen LogP) is 8.71. The number of benzene rings is 4. The maximum atomic E-state index is 15.3. The number of aromatic nitrogens is 1. The van der Waals surface area contributed by atoms with E-state index in [1.807, 2.05) is 0 Å². The van der Waals surface area contributed by atoms with Crippen molar-refractivity contribution >= 4 is 28.6 Å². The molecule has 6 nitrogen and oxygen atoms in total. The number of rotatable bonds is 12. The van der Waals surface area contributed by atoms with Crippen LogP contribution in [-0.2, 0) is 34.5 Å². The average molecular weight is 772 g/mol. The topological polar surface area (TPSA) is 54.8 Å². The second kappa shape index (κ2) is 16.7. The minimum absolute atomic E-state index is 0.244. The molecule has 1 fully saturated rings. The van der Waals surface area contributed by atoms with E-state index in [1.54, 1.807) is 0 Å². The number of alkyl halides is 3. The average Bonchev–Trinajstić information content (AvgIpc) is 3.29. The fourth-order valence-electron chi connectivity index (χ4n) is 5.32. The Bertz CT molecular complexity index is 3170. The molecular weight excluding hydrogens is 710 g/mol. The number of carbonyl (C=O) groups excluding carboxylic acids is 1. The van der Waals surface area contributed by atoms with Crippen LogP contribution in [0.15, 0.2) is 100 Å². The van der Waals surface area contributed by atoms with Crippen LogP contribution in [0.2, 0.25) is 0 Å². The number of carbonyl (C=O) groups is 1. The maximum Gasteiger partial charge on any atom is 0.416 e. The first-order chi connectivity index (χ1) is 34.3. The summed E-state index contributed by atoms with van der Waals surface area (Å²) < 4.78 is 262. The Morgan fingerprint density at radius 2 is 1.70 bits per heavy atom. The van der Waals surface area contributed by atoms with Crippen molar-refractivity contribution in [1.82, 2.24) is 14.4 Å². The summed E-state index contributed by atoms with van der Waals surface area (Å²) in [6.45, 7) is -7.78. The van der Waals surface area contributed by atoms with Crippen LogP contribution in [-0.4, -0.2) is 59.5 Å². The van der Waals surface area contributed by atoms with Crippen LogP contribution < -0.4 is 5.43 Å². The van der Waals surface area contributed by atoms with Gasteiger partial charge >= 0.3 is 6.18 Å². The lowest BCUT2D eigenvalue weighted by Crippen LogP contribution is -2.48. The number of piperidine rings is 1. The van der Waals surface area contributed by atoms with Crippen LogP contribution >= 0.6 is 11.8 Å². The van der Waals surface area contributed by atoms with Crippen molar-refractivity contribution in [3.05, 3.63) is 135 Å². The summed E-state index contributed by atoms with van der Waals surface area (Å²) >= 11 is 0.260. The molecule has 1 aliphatic rings. The second-order valence-corrected chi connectivity index (χ2v) is 12.4. The number of hydrogen-bond donors (Lipinski definition) is 0. The Morgan fingerprint density at radius 3 is 2.38 bits per heavy atom. The molecule has 1 amide bonds. The highest BCUT2D eigenvalue weighted by atomic mass is 32.2. The lowest BCUT2D eigenvalue weighted by molar-refractivity contribution is -0.137. The van der Waals surface area contributed by atoms with Crippen LogP contribution in [0.5, 0.6) is 0 Å². The van der Waals surface area contributed by atoms with Crippen molar-refractivity contribution in [3.63, 3.8) is 0 Å². The standard InChI is InChI=1S/C41H40F5N3O3S/c1-27-6-15-36-34(22-27)37(50)23-39(53-26-31-4-3-5-35(42)40(31)43)49(36)25-38(51)48(33-16-18-47(19-17-33)20-21-52-2)24-28-7-9-29(10-8-28)30-11-13-32(14-12-30)41(44,45)46/h3-15,22-23,33H,16-21,24-26H2,1-2H3/i2D3,3D,4D,5D,6D,7D,8D,9D,10D,11D,12D,13D,14D,15D,21D2,22D,23D,24D2. The van der Waals surface area contributed by atoms with Gasteiger partial charge in [0, 0.05) is 62.0 Å². The van der Waals surface area contributed by atoms with Crippen LogP contribution in [0, 0.1) is 18.6 Å². The zero-order chi connectivity index (χ0) is 56.8. The Labute approximate surface area is 340 Å². The number of thioether (sulfide) groups is 1. The van der Waals surface area contributed by atoms with E-state index in [4.69, 9.17) is 27.4 Å². The number of likely N-dealkylation sites (tertiary alicyclic amines) is 1. The molecule has 0 atom stereocenters. The normalized spacial score (nSPS) is 20.9. The highest BCUT2D eigenvalue weighted by Gasteiger charge is 2.31. The van der Waals surface area contributed by atoms with Crippen molar-refractivity contribution in [2.75, 3.05) is 33.2 Å². The molecule has 278 valence electrons. The van der Waals surface area contributed by atoms with Gasteiger partial charge in [0.15, 0.2) is 17.1 Å². The molecule has 0 radical (unpaired) electrons. The monoisotopic (exact) mass is 771 g/mol. The molecule has 1 saturated heterocycles. The van der Waals surface area contributed by atoms with Gasteiger partial charge in [-0.2, -0.15) is 13.2 Å². The van der Waals surface area contributed by atoms with Crippen molar-refractivity contribution in [2.45, 2.75) is 55.8 Å². The Morgan fingerprint density at radius 1 is 1.00 bits per heavy atom. The number of hydrogen-bond acceptors (Lipinski definition) is 5. The van der Waals surface area contributed by atoms with Gasteiger partial charge in [0.1, 0.15) is 6.54 Å². The van der Waals surface area contributed by atoms with Crippen LogP contribution in [0.1, 0.15) is 65.3 Å². The number of ether oxygens (including phenoxy) is 1. The summed E-state index contributed by atoms with van der Waals surface area (Å²) in [7, 11) is -3.19. The van der Waals surface area contributed by atoms with Gasteiger partial charge in [0.25, 0.3) is 0 Å². The largest absolute Gasteiger partial charge is 0.416 e. The van der Waals surface area contributed by atoms with E-state index in [0.29, 0.717) is 9.47 Å². The van der Waals surface area contributed by atoms with Crippen LogP contribution in [0.25, 0.3) is 22.0 Å². The number of halogens is 5. The Kier molecular flexibility index (Phi) is 6.03. The van der Waals surface area contributed by atoms with Crippen LogP contribution in [0.3, 0.4) is 0 Å². The molecule has 12 heteroatoms. The van der Waals surface area contributed by atoms with Crippen molar-refractivity contribution in [3.8, 4) is 11.1 Å². The fourth-order valence-corrected chi connectivity index (χ4v) is 6.27. The minimum Gasteiger partial charge on any atom is -0.383 e. The lowest BCUT2D eigenvalue weighted by atomic mass is 10.00. The lowest BCUT2D eigenvalue weighted by Gasteiger charge is -2.39. The highest BCUT2D eigenvalue weighted by molar-refractivity contribution is 7.98. The molecule has 0 N–H and O–H groups in total. The molecule has 0 unspecified atom stereocenters. The van der Waals surface area contributed by atoms with Gasteiger partial charge in [0.2, 0.25) is 5.91 Å². The summed E-state index contributed by atoms with van der Waals surface area (Å²) in [5.74, 6) is -5.98. The van der Waals surface area contributed by atoms with E-state index in [9.17, 15) is 25.1 Å². The van der Waals surface area contributed by atoms with Gasteiger partial charge in [-0.25, -0.2) is 8.78 Å². The molecule has 5 aromatic rings. The van der Waals surface area contributed by atoms with Gasteiger partial charge < -0.3 is 19.1 Å². The Hall–Kier alpha value is -4.52. The van der Waals surface area contributed by atoms with E-state index in [2.05, 4.69) is 4.74 Å². The number of nitrogens with zero attached hydrogens (tertiary/aromatic N) is 3. The zero-order valence-electron chi connectivity index (χ0n) is 49.4. The molecule has 4 aromatic carbocycles. The van der Waals surface area contributed by atoms with E-state index >= 15 is 9.18 Å². The van der Waals surface area contributed by atoms with Gasteiger partial charge in [-0.15, -0.1) is 11.8 Å². The molecule has 1 aromatic heterocycles. The van der Waals surface area contributed by atoms with E-state index in [1.165, 1.54) is 11.8 Å². The smallest absolute Gasteiger partial charge is 0.383 e. The molecule has 2 heterocycles. The van der Waals surface area contributed by atoms with Crippen LogP contribution in [0.4, 0.5) is 22.0 Å². The second-order valence-electron chi connectivity index (χ2n) is 11.5. The highest BCUT2D eigenvalue weighted by Crippen LogP contribution is 2.32. The van der Waals surface area contributed by atoms with E-state index in [0.717, 1.165) is 0 Å². The number of pyridine rings is 1. The molecule has 0 bridgehead atoms. The first-order valence-electron chi connectivity index (χ1n) is 26.5. The maximum absolute atomic E-state index is 15.3. The SMILES string of the molecule is [2H]c1c([2H])c(F)c(F)c(CSc2c([2H])c(=O)c3c([2H])c(C)c([2H])c([2H])c3n2CC(=O)N(C2CCN(CC([2H])([2H])OC([2H])([2H])[2H])CC2)C([2H])([2H])c2c([2H])c([2H])c(-c3c([2H])c([2H])c(C(F)(F)F)c([2H])c3[2H])c([2H])c2[2H])c1[2H]. The summed E-state index contributed by atoms with van der Waals surface area (Å²) in [4.78, 5) is 31.0. The summed E-state index contributed by atoms with van der Waals surface area (Å²) in [6.07, 6.45) is -6.16. The first-order valence-corrected chi connectivity index (χ1v) is 16.5. The first kappa shape index (κ1) is 19.2.